The van der Waals surface area contributed by atoms with E-state index in [9.17, 15) is 9.59 Å². The molecule has 3 aromatic rings. The molecule has 0 fully saturated rings. The quantitative estimate of drug-likeness (QED) is 0.563. The predicted octanol–water partition coefficient (Wildman–Crippen LogP) is 4.13. The number of hydrogen-bond acceptors (Lipinski definition) is 5. The van der Waals surface area contributed by atoms with E-state index in [1.165, 1.54) is 0 Å². The van der Waals surface area contributed by atoms with Crippen LogP contribution in [0.25, 0.3) is 0 Å². The Labute approximate surface area is 192 Å². The van der Waals surface area contributed by atoms with Gasteiger partial charge < -0.3 is 24.4 Å². The van der Waals surface area contributed by atoms with Crippen LogP contribution >= 0.6 is 0 Å². The monoisotopic (exact) mass is 446 g/mol. The van der Waals surface area contributed by atoms with Crippen LogP contribution in [0.15, 0.2) is 66.7 Å². The van der Waals surface area contributed by atoms with Crippen LogP contribution in [-0.4, -0.2) is 38.2 Å². The number of nitrogens with one attached hydrogen (secondary N) is 1. The number of hydrogen-bond donors (Lipinski definition) is 1. The van der Waals surface area contributed by atoms with Gasteiger partial charge in [0.15, 0.2) is 13.2 Å². The van der Waals surface area contributed by atoms with Gasteiger partial charge in [-0.3, -0.25) is 9.59 Å². The van der Waals surface area contributed by atoms with Crippen molar-refractivity contribution in [1.29, 1.82) is 0 Å². The van der Waals surface area contributed by atoms with Gasteiger partial charge in [-0.1, -0.05) is 30.3 Å². The second kappa shape index (κ2) is 10.1. The molecule has 0 unspecified atom stereocenters. The van der Waals surface area contributed by atoms with Gasteiger partial charge in [-0.05, 0) is 61.4 Å². The fraction of sp³-hybridized carbons (Fsp3) is 0.231. The second-order valence-corrected chi connectivity index (χ2v) is 7.71. The minimum absolute atomic E-state index is 0.0340. The number of nitrogens with zero attached hydrogens (tertiary/aromatic N) is 1. The highest BCUT2D eigenvalue weighted by atomic mass is 16.5. The van der Waals surface area contributed by atoms with E-state index < -0.39 is 0 Å². The van der Waals surface area contributed by atoms with Crippen LogP contribution in [0.5, 0.6) is 17.2 Å². The fourth-order valence-corrected chi connectivity index (χ4v) is 3.52. The molecule has 0 atom stereocenters. The van der Waals surface area contributed by atoms with E-state index in [1.807, 2.05) is 62.4 Å². The number of ether oxygens (including phenoxy) is 3. The van der Waals surface area contributed by atoms with E-state index in [2.05, 4.69) is 5.32 Å². The summed E-state index contributed by atoms with van der Waals surface area (Å²) in [4.78, 5) is 26.6. The maximum Gasteiger partial charge on any atom is 0.265 e. The average Bonchev–Trinajstić information content (AvgIpc) is 2.82. The molecule has 1 heterocycles. The SMILES string of the molecule is Cc1cccc(OCC(=O)Nc2ccc3c(c2)N(CCOc2ccccc2)C(=O)CO3)c1C. The number of carbonyl (C=O) groups excluding carboxylic acids is 2. The lowest BCUT2D eigenvalue weighted by molar-refractivity contribution is -0.121. The van der Waals surface area contributed by atoms with Gasteiger partial charge in [0, 0.05) is 5.69 Å². The van der Waals surface area contributed by atoms with Crippen molar-refractivity contribution in [2.75, 3.05) is 36.6 Å². The zero-order valence-electron chi connectivity index (χ0n) is 18.7. The second-order valence-electron chi connectivity index (χ2n) is 7.71. The Morgan fingerprint density at radius 1 is 1.03 bits per heavy atom. The molecular weight excluding hydrogens is 420 g/mol. The minimum Gasteiger partial charge on any atom is -0.492 e. The third-order valence-electron chi connectivity index (χ3n) is 5.43. The highest BCUT2D eigenvalue weighted by molar-refractivity contribution is 5.99. The smallest absolute Gasteiger partial charge is 0.265 e. The van der Waals surface area contributed by atoms with Gasteiger partial charge in [0.2, 0.25) is 0 Å². The summed E-state index contributed by atoms with van der Waals surface area (Å²) >= 11 is 0. The molecule has 170 valence electrons. The average molecular weight is 447 g/mol. The molecule has 2 amide bonds. The van der Waals surface area contributed by atoms with Gasteiger partial charge in [0.1, 0.15) is 23.9 Å². The van der Waals surface area contributed by atoms with E-state index in [1.54, 1.807) is 23.1 Å². The molecule has 0 saturated heterocycles. The van der Waals surface area contributed by atoms with Crippen LogP contribution < -0.4 is 24.4 Å². The van der Waals surface area contributed by atoms with E-state index in [4.69, 9.17) is 14.2 Å². The van der Waals surface area contributed by atoms with E-state index >= 15 is 0 Å². The Hall–Kier alpha value is -4.00. The summed E-state index contributed by atoms with van der Waals surface area (Å²) in [5, 5.41) is 2.82. The molecule has 0 aliphatic carbocycles. The first-order valence-corrected chi connectivity index (χ1v) is 10.7. The van der Waals surface area contributed by atoms with Crippen molar-refractivity contribution in [3.63, 3.8) is 0 Å². The first-order valence-electron chi connectivity index (χ1n) is 10.7. The zero-order chi connectivity index (χ0) is 23.2. The molecule has 0 aromatic heterocycles. The third kappa shape index (κ3) is 5.44. The Morgan fingerprint density at radius 2 is 1.85 bits per heavy atom. The van der Waals surface area contributed by atoms with Crippen molar-refractivity contribution < 1.29 is 23.8 Å². The van der Waals surface area contributed by atoms with Crippen molar-refractivity contribution in [1.82, 2.24) is 0 Å². The summed E-state index contributed by atoms with van der Waals surface area (Å²) < 4.78 is 17.0. The van der Waals surface area contributed by atoms with Crippen molar-refractivity contribution in [3.8, 4) is 17.2 Å². The Kier molecular flexibility index (Phi) is 6.78. The molecule has 1 aliphatic heterocycles. The number of amides is 2. The first kappa shape index (κ1) is 22.2. The van der Waals surface area contributed by atoms with Crippen molar-refractivity contribution in [3.05, 3.63) is 77.9 Å². The summed E-state index contributed by atoms with van der Waals surface area (Å²) in [7, 11) is 0. The highest BCUT2D eigenvalue weighted by Crippen LogP contribution is 2.34. The highest BCUT2D eigenvalue weighted by Gasteiger charge is 2.26. The van der Waals surface area contributed by atoms with Crippen molar-refractivity contribution in [2.45, 2.75) is 13.8 Å². The number of anilines is 2. The zero-order valence-corrected chi connectivity index (χ0v) is 18.7. The lowest BCUT2D eigenvalue weighted by Gasteiger charge is -2.29. The molecular formula is C26H26N2O5. The molecule has 3 aromatic carbocycles. The predicted molar refractivity (Wildman–Crippen MR) is 126 cm³/mol. The standard InChI is InChI=1S/C26H26N2O5/c1-18-7-6-10-23(19(18)2)32-16-25(29)27-20-11-12-24-22(15-20)28(26(30)17-33-24)13-14-31-21-8-4-3-5-9-21/h3-12,15H,13-14,16-17H2,1-2H3,(H,27,29). The van der Waals surface area contributed by atoms with Crippen molar-refractivity contribution in [2.24, 2.45) is 0 Å². The summed E-state index contributed by atoms with van der Waals surface area (Å²) in [6.45, 7) is 4.49. The van der Waals surface area contributed by atoms with Crippen molar-refractivity contribution >= 4 is 23.2 Å². The molecule has 0 spiro atoms. The van der Waals surface area contributed by atoms with Crippen LogP contribution in [0.1, 0.15) is 11.1 Å². The number of fused-ring (bicyclic) bond motifs is 1. The topological polar surface area (TPSA) is 77.1 Å². The molecule has 1 N–H and O–H groups in total. The molecule has 4 rings (SSSR count). The Bertz CT molecular complexity index is 1150. The van der Waals surface area contributed by atoms with Crippen LogP contribution in [-0.2, 0) is 9.59 Å². The minimum atomic E-state index is -0.294. The lowest BCUT2D eigenvalue weighted by Crippen LogP contribution is -2.41. The maximum atomic E-state index is 12.5. The number of carbonyl (C=O) groups is 2. The normalized spacial score (nSPS) is 12.5. The van der Waals surface area contributed by atoms with Crippen LogP contribution in [0, 0.1) is 13.8 Å². The summed E-state index contributed by atoms with van der Waals surface area (Å²) in [5.74, 6) is 1.54. The molecule has 0 saturated carbocycles. The summed E-state index contributed by atoms with van der Waals surface area (Å²) in [5.41, 5.74) is 3.25. The van der Waals surface area contributed by atoms with Crippen LogP contribution in [0.2, 0.25) is 0 Å². The first-order chi connectivity index (χ1) is 16.0. The number of benzene rings is 3. The molecule has 1 aliphatic rings. The van der Waals surface area contributed by atoms with E-state index in [-0.39, 0.29) is 25.0 Å². The van der Waals surface area contributed by atoms with Gasteiger partial charge in [-0.15, -0.1) is 0 Å². The van der Waals surface area contributed by atoms with Gasteiger partial charge >= 0.3 is 0 Å². The van der Waals surface area contributed by atoms with Crippen LogP contribution in [0.4, 0.5) is 11.4 Å². The largest absolute Gasteiger partial charge is 0.492 e. The molecule has 33 heavy (non-hydrogen) atoms. The van der Waals surface area contributed by atoms with Gasteiger partial charge in [-0.25, -0.2) is 0 Å². The third-order valence-corrected chi connectivity index (χ3v) is 5.43. The van der Waals surface area contributed by atoms with Gasteiger partial charge in [-0.2, -0.15) is 0 Å². The molecule has 0 radical (unpaired) electrons. The lowest BCUT2D eigenvalue weighted by atomic mass is 10.1. The maximum absolute atomic E-state index is 12.5. The Morgan fingerprint density at radius 3 is 2.67 bits per heavy atom. The summed E-state index contributed by atoms with van der Waals surface area (Å²) in [6, 6.07) is 20.4. The molecule has 0 bridgehead atoms. The fourth-order valence-electron chi connectivity index (χ4n) is 3.52. The number of para-hydroxylation sites is 1. The number of aryl methyl sites for hydroxylation is 1. The van der Waals surface area contributed by atoms with Gasteiger partial charge in [0.05, 0.1) is 12.2 Å². The Balaban J connectivity index is 1.39. The molecule has 7 heteroatoms. The summed E-state index contributed by atoms with van der Waals surface area (Å²) in [6.07, 6.45) is 0. The van der Waals surface area contributed by atoms with E-state index in [0.717, 1.165) is 16.9 Å². The molecule has 7 nitrogen and oxygen atoms in total. The van der Waals surface area contributed by atoms with Gasteiger partial charge in [0.25, 0.3) is 11.8 Å². The van der Waals surface area contributed by atoms with E-state index in [0.29, 0.717) is 36.0 Å². The van der Waals surface area contributed by atoms with Crippen LogP contribution in [0.3, 0.4) is 0 Å². The number of rotatable bonds is 8.